The lowest BCUT2D eigenvalue weighted by atomic mass is 9.88. The van der Waals surface area contributed by atoms with E-state index in [9.17, 15) is 14.4 Å². The third-order valence-corrected chi connectivity index (χ3v) is 9.13. The van der Waals surface area contributed by atoms with Crippen LogP contribution in [-0.2, 0) is 22.6 Å². The van der Waals surface area contributed by atoms with Crippen LogP contribution in [0.4, 0.5) is 4.79 Å². The van der Waals surface area contributed by atoms with E-state index in [0.29, 0.717) is 25.9 Å². The number of hydrogen-bond donors (Lipinski definition) is 1. The molecule has 0 saturated carbocycles. The monoisotopic (exact) mass is 639 g/mol. The number of carbonyl (C=O) groups is 3. The molecule has 0 aliphatic carbocycles. The van der Waals surface area contributed by atoms with Crippen LogP contribution in [0.5, 0.6) is 0 Å². The first kappa shape index (κ1) is 32.5. The number of nitrogens with one attached hydrogen (secondary N) is 1. The van der Waals surface area contributed by atoms with Crippen LogP contribution in [0.3, 0.4) is 0 Å². The van der Waals surface area contributed by atoms with E-state index in [2.05, 4.69) is 41.9 Å². The summed E-state index contributed by atoms with van der Waals surface area (Å²) in [6.45, 7) is 4.90. The molecule has 4 aromatic carbocycles. The van der Waals surface area contributed by atoms with Crippen LogP contribution >= 0.6 is 0 Å². The fourth-order valence-corrected chi connectivity index (χ4v) is 6.80. The third-order valence-electron chi connectivity index (χ3n) is 9.13. The Bertz CT molecular complexity index is 1690. The number of urea groups is 1. The van der Waals surface area contributed by atoms with Gasteiger partial charge in [0.1, 0.15) is 12.2 Å². The maximum Gasteiger partial charge on any atom is 0.334 e. The molecule has 4 amide bonds. The van der Waals surface area contributed by atoms with Gasteiger partial charge in [-0.25, -0.2) is 14.8 Å². The van der Waals surface area contributed by atoms with Crippen molar-refractivity contribution < 1.29 is 14.4 Å². The van der Waals surface area contributed by atoms with Gasteiger partial charge in [-0.1, -0.05) is 128 Å². The van der Waals surface area contributed by atoms with Gasteiger partial charge < -0.3 is 15.1 Å². The largest absolute Gasteiger partial charge is 0.337 e. The predicted molar refractivity (Wildman–Crippen MR) is 186 cm³/mol. The Kier molecular flexibility index (Phi) is 10.5. The number of hydrogen-bond acceptors (Lipinski definition) is 4. The Morgan fingerprint density at radius 1 is 0.833 bits per heavy atom. The molecule has 244 valence electrons. The van der Waals surface area contributed by atoms with E-state index in [4.69, 9.17) is 0 Å². The van der Waals surface area contributed by atoms with Crippen LogP contribution in [0.2, 0.25) is 0 Å². The van der Waals surface area contributed by atoms with Gasteiger partial charge in [-0.05, 0) is 34.8 Å². The average Bonchev–Trinajstić information content (AvgIpc) is 3.13. The SMILES string of the molecule is C=C=CCN1CC(=O)N2[C@@H](Cc3ccccc3)C(=O)N(CCC(c3ccccc3)c3ccccc3)C[C@@H]2N1C(=O)NCc1ccccc1. The van der Waals surface area contributed by atoms with Crippen LogP contribution < -0.4 is 5.32 Å². The number of hydrazine groups is 1. The molecule has 0 aromatic heterocycles. The summed E-state index contributed by atoms with van der Waals surface area (Å²) >= 11 is 0. The summed E-state index contributed by atoms with van der Waals surface area (Å²) in [5, 5.41) is 6.42. The van der Waals surface area contributed by atoms with Crippen LogP contribution in [0.15, 0.2) is 140 Å². The minimum atomic E-state index is -0.757. The van der Waals surface area contributed by atoms with Gasteiger partial charge in [0, 0.05) is 32.0 Å². The van der Waals surface area contributed by atoms with E-state index < -0.39 is 12.2 Å². The van der Waals surface area contributed by atoms with E-state index in [0.717, 1.165) is 11.1 Å². The molecule has 0 spiro atoms. The van der Waals surface area contributed by atoms with E-state index >= 15 is 0 Å². The third kappa shape index (κ3) is 7.41. The Labute approximate surface area is 282 Å². The number of benzene rings is 4. The quantitative estimate of drug-likeness (QED) is 0.217. The van der Waals surface area contributed by atoms with Crippen LogP contribution in [0.25, 0.3) is 0 Å². The number of carbonyl (C=O) groups excluding carboxylic acids is 3. The van der Waals surface area contributed by atoms with Gasteiger partial charge >= 0.3 is 6.03 Å². The summed E-state index contributed by atoms with van der Waals surface area (Å²) in [5.74, 6) is -0.226. The molecule has 2 fully saturated rings. The topological polar surface area (TPSA) is 76.2 Å². The Morgan fingerprint density at radius 2 is 1.40 bits per heavy atom. The standard InChI is InChI=1S/C40H41N5O3/c1-2-3-25-43-30-38(46)44-36(27-31-16-8-4-9-17-31)39(47)42(29-37(44)45(43)40(48)41-28-32-18-10-5-11-19-32)26-24-35(33-20-12-6-13-21-33)34-22-14-7-15-23-34/h3-23,35-37H,1,24-30H2,(H,41,48)/t36-,37-/m0/s1. The van der Waals surface area contributed by atoms with Crippen LogP contribution in [0, 0.1) is 0 Å². The van der Waals surface area contributed by atoms with Crippen molar-refractivity contribution in [1.82, 2.24) is 25.1 Å². The number of amides is 4. The minimum absolute atomic E-state index is 0.0455. The maximum absolute atomic E-state index is 14.4. The molecule has 2 saturated heterocycles. The highest BCUT2D eigenvalue weighted by molar-refractivity contribution is 5.91. The summed E-state index contributed by atoms with van der Waals surface area (Å²) in [6, 6.07) is 39.0. The van der Waals surface area contributed by atoms with E-state index in [1.807, 2.05) is 102 Å². The summed E-state index contributed by atoms with van der Waals surface area (Å²) in [5.41, 5.74) is 7.04. The van der Waals surface area contributed by atoms with Gasteiger partial charge in [-0.15, -0.1) is 5.73 Å². The first-order chi connectivity index (χ1) is 23.5. The number of fused-ring (bicyclic) bond motifs is 1. The Balaban J connectivity index is 1.33. The summed E-state index contributed by atoms with van der Waals surface area (Å²) in [7, 11) is 0. The summed E-state index contributed by atoms with van der Waals surface area (Å²) in [6.07, 6.45) is 2.05. The molecule has 8 heteroatoms. The molecular formula is C40H41N5O3. The lowest BCUT2D eigenvalue weighted by molar-refractivity contribution is -0.189. The summed E-state index contributed by atoms with van der Waals surface area (Å²) in [4.78, 5) is 46.0. The number of nitrogens with zero attached hydrogens (tertiary/aromatic N) is 4. The Hall–Kier alpha value is -5.43. The molecule has 0 radical (unpaired) electrons. The predicted octanol–water partition coefficient (Wildman–Crippen LogP) is 5.60. The Morgan fingerprint density at radius 3 is 1.98 bits per heavy atom. The molecule has 48 heavy (non-hydrogen) atoms. The molecule has 2 aliphatic heterocycles. The average molecular weight is 640 g/mol. The molecule has 2 heterocycles. The first-order valence-electron chi connectivity index (χ1n) is 16.5. The smallest absolute Gasteiger partial charge is 0.334 e. The summed E-state index contributed by atoms with van der Waals surface area (Å²) < 4.78 is 0. The van der Waals surface area contributed by atoms with Gasteiger partial charge in [0.05, 0.1) is 13.1 Å². The highest BCUT2D eigenvalue weighted by Gasteiger charge is 2.51. The molecule has 2 atom stereocenters. The zero-order valence-corrected chi connectivity index (χ0v) is 27.0. The van der Waals surface area contributed by atoms with Gasteiger partial charge in [-0.2, -0.15) is 0 Å². The highest BCUT2D eigenvalue weighted by Crippen LogP contribution is 2.32. The van der Waals surface area contributed by atoms with E-state index in [1.165, 1.54) is 11.1 Å². The van der Waals surface area contributed by atoms with Crippen molar-refractivity contribution in [3.63, 3.8) is 0 Å². The van der Waals surface area contributed by atoms with Crippen molar-refractivity contribution in [3.8, 4) is 0 Å². The molecule has 0 unspecified atom stereocenters. The molecule has 4 aromatic rings. The molecule has 0 bridgehead atoms. The molecule has 6 rings (SSSR count). The maximum atomic E-state index is 14.4. The van der Waals surface area contributed by atoms with Crippen LogP contribution in [0.1, 0.15) is 34.6 Å². The normalized spacial score (nSPS) is 18.0. The second-order valence-corrected chi connectivity index (χ2v) is 12.2. The fraction of sp³-hybridized carbons (Fsp3) is 0.250. The van der Waals surface area contributed by atoms with Crippen LogP contribution in [-0.4, -0.2) is 76.0 Å². The van der Waals surface area contributed by atoms with Gasteiger partial charge in [0.15, 0.2) is 0 Å². The fourth-order valence-electron chi connectivity index (χ4n) is 6.80. The van der Waals surface area contributed by atoms with Gasteiger partial charge in [0.25, 0.3) is 0 Å². The zero-order chi connectivity index (χ0) is 33.3. The van der Waals surface area contributed by atoms with Crippen molar-refractivity contribution in [2.24, 2.45) is 0 Å². The van der Waals surface area contributed by atoms with Crippen molar-refractivity contribution in [2.75, 3.05) is 26.2 Å². The van der Waals surface area contributed by atoms with Crippen molar-refractivity contribution in [3.05, 3.63) is 162 Å². The molecule has 2 aliphatic rings. The van der Waals surface area contributed by atoms with E-state index in [1.54, 1.807) is 21.0 Å². The van der Waals surface area contributed by atoms with Gasteiger partial charge in [-0.3, -0.25) is 9.59 Å². The zero-order valence-electron chi connectivity index (χ0n) is 27.0. The second-order valence-electron chi connectivity index (χ2n) is 12.2. The number of piperazine rings is 1. The van der Waals surface area contributed by atoms with Crippen molar-refractivity contribution in [1.29, 1.82) is 0 Å². The lowest BCUT2D eigenvalue weighted by Crippen LogP contribution is -2.76. The highest BCUT2D eigenvalue weighted by atomic mass is 16.2. The first-order valence-corrected chi connectivity index (χ1v) is 16.5. The second kappa shape index (κ2) is 15.4. The molecular weight excluding hydrogens is 598 g/mol. The van der Waals surface area contributed by atoms with Crippen molar-refractivity contribution >= 4 is 17.8 Å². The van der Waals surface area contributed by atoms with Crippen molar-refractivity contribution in [2.45, 2.75) is 37.5 Å². The minimum Gasteiger partial charge on any atom is -0.337 e. The molecule has 8 nitrogen and oxygen atoms in total. The molecule has 1 N–H and O–H groups in total. The number of rotatable bonds is 11. The van der Waals surface area contributed by atoms with E-state index in [-0.39, 0.29) is 43.4 Å². The van der Waals surface area contributed by atoms with Gasteiger partial charge in [0.2, 0.25) is 11.8 Å². The lowest BCUT2D eigenvalue weighted by Gasteiger charge is -2.55.